The molecule has 0 spiro atoms. The molecule has 28 heavy (non-hydrogen) atoms. The molecule has 0 aliphatic rings. The van der Waals surface area contributed by atoms with E-state index in [0.29, 0.717) is 34.3 Å². The molecule has 0 amide bonds. The van der Waals surface area contributed by atoms with Crippen molar-refractivity contribution in [3.8, 4) is 23.0 Å². The van der Waals surface area contributed by atoms with Gasteiger partial charge < -0.3 is 4.42 Å². The molecule has 2 aromatic carbocycles. The van der Waals surface area contributed by atoms with Gasteiger partial charge in [-0.25, -0.2) is 0 Å². The van der Waals surface area contributed by atoms with Crippen molar-refractivity contribution in [3.63, 3.8) is 0 Å². The molecule has 4 rings (SSSR count). The Morgan fingerprint density at radius 1 is 1.04 bits per heavy atom. The van der Waals surface area contributed by atoms with E-state index in [1.807, 2.05) is 69.4 Å². The first-order chi connectivity index (χ1) is 13.6. The van der Waals surface area contributed by atoms with Crippen molar-refractivity contribution in [1.82, 2.24) is 9.78 Å². The van der Waals surface area contributed by atoms with Gasteiger partial charge in [0.25, 0.3) is 0 Å². The summed E-state index contributed by atoms with van der Waals surface area (Å²) < 4.78 is 7.89. The molecule has 0 atom stereocenters. The average Bonchev–Trinajstić information content (AvgIpc) is 3.04. The second-order valence-electron chi connectivity index (χ2n) is 6.64. The summed E-state index contributed by atoms with van der Waals surface area (Å²) in [6.07, 6.45) is 2.38. The standard InChI is InChI=1S/C24H20N2O2/c1-4-20-22(17-9-6-5-7-10-17)24(27)23-18(11-8-12-21(23)28-20)13-14-19-15-25-26(3)16(19)2/h5-12,15H,4H2,1-3H3. The van der Waals surface area contributed by atoms with Gasteiger partial charge in [-0.2, -0.15) is 5.10 Å². The van der Waals surface area contributed by atoms with Gasteiger partial charge in [0.05, 0.1) is 28.4 Å². The number of rotatable bonds is 2. The van der Waals surface area contributed by atoms with Crippen LogP contribution in [0.25, 0.3) is 22.1 Å². The lowest BCUT2D eigenvalue weighted by atomic mass is 9.99. The van der Waals surface area contributed by atoms with Gasteiger partial charge in [0.1, 0.15) is 11.3 Å². The van der Waals surface area contributed by atoms with E-state index in [-0.39, 0.29) is 5.43 Å². The van der Waals surface area contributed by atoms with Gasteiger partial charge in [-0.1, -0.05) is 55.2 Å². The molecule has 0 aliphatic heterocycles. The molecule has 2 heterocycles. The molecular formula is C24H20N2O2. The number of benzene rings is 2. The first kappa shape index (κ1) is 17.8. The fourth-order valence-electron chi connectivity index (χ4n) is 3.29. The van der Waals surface area contributed by atoms with Crippen LogP contribution >= 0.6 is 0 Å². The van der Waals surface area contributed by atoms with Crippen LogP contribution in [0.5, 0.6) is 0 Å². The summed E-state index contributed by atoms with van der Waals surface area (Å²) in [6, 6.07) is 15.2. The number of hydrogen-bond acceptors (Lipinski definition) is 3. The number of hydrogen-bond donors (Lipinski definition) is 0. The number of nitrogens with zero attached hydrogens (tertiary/aromatic N) is 2. The van der Waals surface area contributed by atoms with Gasteiger partial charge >= 0.3 is 0 Å². The Morgan fingerprint density at radius 3 is 2.46 bits per heavy atom. The van der Waals surface area contributed by atoms with Crippen LogP contribution in [0.2, 0.25) is 0 Å². The molecular weight excluding hydrogens is 348 g/mol. The summed E-state index contributed by atoms with van der Waals surface area (Å²) in [4.78, 5) is 13.5. The molecule has 0 fully saturated rings. The third-order valence-electron chi connectivity index (χ3n) is 4.94. The summed E-state index contributed by atoms with van der Waals surface area (Å²) >= 11 is 0. The predicted molar refractivity (Wildman–Crippen MR) is 111 cm³/mol. The van der Waals surface area contributed by atoms with Crippen LogP contribution in [0, 0.1) is 18.8 Å². The summed E-state index contributed by atoms with van der Waals surface area (Å²) in [5.41, 5.74) is 4.49. The minimum atomic E-state index is -0.0443. The molecule has 4 aromatic rings. The monoisotopic (exact) mass is 368 g/mol. The molecule has 0 unspecified atom stereocenters. The summed E-state index contributed by atoms with van der Waals surface area (Å²) in [5, 5.41) is 4.74. The maximum absolute atomic E-state index is 13.5. The summed E-state index contributed by atoms with van der Waals surface area (Å²) in [5.74, 6) is 6.99. The van der Waals surface area contributed by atoms with Crippen LogP contribution in [0.3, 0.4) is 0 Å². The van der Waals surface area contributed by atoms with Crippen molar-refractivity contribution in [2.75, 3.05) is 0 Å². The van der Waals surface area contributed by atoms with E-state index in [9.17, 15) is 4.79 Å². The van der Waals surface area contributed by atoms with E-state index in [1.165, 1.54) is 0 Å². The highest BCUT2D eigenvalue weighted by Crippen LogP contribution is 2.26. The Bertz CT molecular complexity index is 1290. The fourth-order valence-corrected chi connectivity index (χ4v) is 3.29. The number of fused-ring (bicyclic) bond motifs is 1. The van der Waals surface area contributed by atoms with Crippen LogP contribution in [-0.2, 0) is 13.5 Å². The molecule has 4 nitrogen and oxygen atoms in total. The molecule has 4 heteroatoms. The Kier molecular flexibility index (Phi) is 4.58. The minimum absolute atomic E-state index is 0.0443. The van der Waals surface area contributed by atoms with E-state index in [0.717, 1.165) is 16.8 Å². The summed E-state index contributed by atoms with van der Waals surface area (Å²) in [6.45, 7) is 3.96. The lowest BCUT2D eigenvalue weighted by Crippen LogP contribution is -2.10. The number of aryl methyl sites for hydroxylation is 2. The van der Waals surface area contributed by atoms with E-state index in [4.69, 9.17) is 4.42 Å². The predicted octanol–water partition coefficient (Wildman–Crippen LogP) is 4.46. The Balaban J connectivity index is 1.98. The zero-order chi connectivity index (χ0) is 19.7. The maximum Gasteiger partial charge on any atom is 0.202 e. The minimum Gasteiger partial charge on any atom is -0.460 e. The average molecular weight is 368 g/mol. The van der Waals surface area contributed by atoms with Gasteiger partial charge in [-0.3, -0.25) is 9.48 Å². The lowest BCUT2D eigenvalue weighted by molar-refractivity contribution is 0.546. The zero-order valence-corrected chi connectivity index (χ0v) is 16.1. The van der Waals surface area contributed by atoms with Gasteiger partial charge in [0, 0.05) is 19.0 Å². The first-order valence-corrected chi connectivity index (χ1v) is 9.25. The van der Waals surface area contributed by atoms with Crippen LogP contribution in [0.15, 0.2) is 63.9 Å². The first-order valence-electron chi connectivity index (χ1n) is 9.25. The molecule has 0 bridgehead atoms. The highest BCUT2D eigenvalue weighted by molar-refractivity contribution is 5.88. The molecule has 0 aliphatic carbocycles. The van der Waals surface area contributed by atoms with Gasteiger partial charge in [-0.15, -0.1) is 0 Å². The van der Waals surface area contributed by atoms with Crippen molar-refractivity contribution in [1.29, 1.82) is 0 Å². The second-order valence-corrected chi connectivity index (χ2v) is 6.64. The van der Waals surface area contributed by atoms with Crippen LogP contribution in [0.1, 0.15) is 29.5 Å². The van der Waals surface area contributed by atoms with E-state index < -0.39 is 0 Å². The number of aromatic nitrogens is 2. The molecule has 138 valence electrons. The quantitative estimate of drug-likeness (QED) is 0.491. The lowest BCUT2D eigenvalue weighted by Gasteiger charge is -2.09. The molecule has 0 N–H and O–H groups in total. The van der Waals surface area contributed by atoms with Crippen molar-refractivity contribution in [2.45, 2.75) is 20.3 Å². The second kappa shape index (κ2) is 7.21. The third-order valence-corrected chi connectivity index (χ3v) is 4.94. The Hall–Kier alpha value is -3.58. The van der Waals surface area contributed by atoms with Crippen LogP contribution < -0.4 is 5.43 Å². The Labute approximate surface area is 163 Å². The smallest absolute Gasteiger partial charge is 0.202 e. The molecule has 0 radical (unpaired) electrons. The summed E-state index contributed by atoms with van der Waals surface area (Å²) in [7, 11) is 1.88. The highest BCUT2D eigenvalue weighted by atomic mass is 16.3. The Morgan fingerprint density at radius 2 is 1.79 bits per heavy atom. The fraction of sp³-hybridized carbons (Fsp3) is 0.167. The van der Waals surface area contributed by atoms with Crippen molar-refractivity contribution in [3.05, 3.63) is 87.5 Å². The normalized spacial score (nSPS) is 10.7. The third kappa shape index (κ3) is 3.01. The SMILES string of the molecule is CCc1oc2cccc(C#Cc3cnn(C)c3C)c2c(=O)c1-c1ccccc1. The molecule has 0 saturated heterocycles. The van der Waals surface area contributed by atoms with Gasteiger partial charge in [0.2, 0.25) is 5.43 Å². The largest absolute Gasteiger partial charge is 0.460 e. The van der Waals surface area contributed by atoms with E-state index in [2.05, 4.69) is 16.9 Å². The van der Waals surface area contributed by atoms with Crippen molar-refractivity contribution >= 4 is 11.0 Å². The van der Waals surface area contributed by atoms with Gasteiger partial charge in [0.15, 0.2) is 0 Å². The molecule has 0 saturated carbocycles. The highest BCUT2D eigenvalue weighted by Gasteiger charge is 2.16. The van der Waals surface area contributed by atoms with Gasteiger partial charge in [-0.05, 0) is 24.6 Å². The van der Waals surface area contributed by atoms with Crippen molar-refractivity contribution in [2.24, 2.45) is 7.05 Å². The van der Waals surface area contributed by atoms with Crippen molar-refractivity contribution < 1.29 is 4.42 Å². The van der Waals surface area contributed by atoms with Crippen LogP contribution in [0.4, 0.5) is 0 Å². The topological polar surface area (TPSA) is 48.0 Å². The van der Waals surface area contributed by atoms with E-state index >= 15 is 0 Å². The molecule has 2 aromatic heterocycles. The van der Waals surface area contributed by atoms with E-state index in [1.54, 1.807) is 10.9 Å². The van der Waals surface area contributed by atoms with Crippen LogP contribution in [-0.4, -0.2) is 9.78 Å². The zero-order valence-electron chi connectivity index (χ0n) is 16.1. The maximum atomic E-state index is 13.5.